The molecule has 1 N–H and O–H groups in total. The Hall–Kier alpha value is -2.77. The number of fused-ring (bicyclic) bond motifs is 1. The van der Waals surface area contributed by atoms with Crippen molar-refractivity contribution in [3.8, 4) is 0 Å². The highest BCUT2D eigenvalue weighted by molar-refractivity contribution is 6.06. The molecule has 164 valence electrons. The molecule has 0 radical (unpaired) electrons. The van der Waals surface area contributed by atoms with E-state index in [2.05, 4.69) is 42.3 Å². The molecule has 2 aromatic heterocycles. The topological polar surface area (TPSA) is 72.3 Å². The van der Waals surface area contributed by atoms with Crippen molar-refractivity contribution in [3.05, 3.63) is 59.5 Å². The molecule has 3 heterocycles. The zero-order valence-corrected chi connectivity index (χ0v) is 18.5. The number of aromatic nitrogens is 3. The summed E-state index contributed by atoms with van der Waals surface area (Å²) in [4.78, 5) is 20.1. The lowest BCUT2D eigenvalue weighted by Gasteiger charge is -2.32. The Morgan fingerprint density at radius 3 is 2.94 bits per heavy atom. The van der Waals surface area contributed by atoms with E-state index in [0.29, 0.717) is 24.6 Å². The van der Waals surface area contributed by atoms with E-state index in [1.807, 2.05) is 41.2 Å². The maximum Gasteiger partial charge on any atom is 0.252 e. The summed E-state index contributed by atoms with van der Waals surface area (Å²) < 4.78 is 8.03. The molecule has 1 aliphatic heterocycles. The molecule has 31 heavy (non-hydrogen) atoms. The maximum atomic E-state index is 12.9. The van der Waals surface area contributed by atoms with Crippen molar-refractivity contribution in [2.24, 2.45) is 5.92 Å². The Balaban J connectivity index is 1.57. The van der Waals surface area contributed by atoms with E-state index < -0.39 is 0 Å². The van der Waals surface area contributed by atoms with Gasteiger partial charge >= 0.3 is 0 Å². The van der Waals surface area contributed by atoms with Crippen molar-refractivity contribution in [1.29, 1.82) is 0 Å². The van der Waals surface area contributed by atoms with Gasteiger partial charge in [0.05, 0.1) is 29.6 Å². The zero-order valence-electron chi connectivity index (χ0n) is 18.5. The quantitative estimate of drug-likeness (QED) is 0.633. The van der Waals surface area contributed by atoms with Gasteiger partial charge in [-0.2, -0.15) is 5.10 Å². The monoisotopic (exact) mass is 421 g/mol. The van der Waals surface area contributed by atoms with E-state index in [4.69, 9.17) is 9.72 Å². The fourth-order valence-electron chi connectivity index (χ4n) is 3.88. The highest BCUT2D eigenvalue weighted by atomic mass is 16.5. The number of nitrogens with zero attached hydrogens (tertiary/aromatic N) is 4. The Morgan fingerprint density at radius 2 is 2.16 bits per heavy atom. The van der Waals surface area contributed by atoms with Crippen molar-refractivity contribution in [1.82, 2.24) is 25.0 Å². The van der Waals surface area contributed by atoms with Crippen molar-refractivity contribution in [2.45, 2.75) is 40.0 Å². The molecule has 0 saturated carbocycles. The number of carbonyl (C=O) groups excluding carboxylic acids is 1. The molecular formula is C24H31N5O2. The van der Waals surface area contributed by atoms with Gasteiger partial charge in [0, 0.05) is 49.9 Å². The van der Waals surface area contributed by atoms with E-state index in [-0.39, 0.29) is 12.0 Å². The summed E-state index contributed by atoms with van der Waals surface area (Å²) in [6.45, 7) is 10.8. The standard InChI is InChI=1S/C24H31N5O2/c1-4-29-15-18(13-26-29)14-28-9-10-31-23(16-28)22-11-20(24(30)25-12-17(2)3)19-7-5-6-8-21(19)27-22/h5-8,11,13,15,17,23H,4,9-10,12,14,16H2,1-3H3,(H,25,30). The predicted molar refractivity (Wildman–Crippen MR) is 121 cm³/mol. The summed E-state index contributed by atoms with van der Waals surface area (Å²) >= 11 is 0. The third-order valence-corrected chi connectivity index (χ3v) is 5.55. The minimum Gasteiger partial charge on any atom is -0.369 e. The van der Waals surface area contributed by atoms with Crippen LogP contribution in [0.4, 0.5) is 0 Å². The van der Waals surface area contributed by atoms with Crippen LogP contribution >= 0.6 is 0 Å². The number of rotatable bonds is 7. The molecule has 4 rings (SSSR count). The molecule has 7 heteroatoms. The molecule has 0 spiro atoms. The second-order valence-electron chi connectivity index (χ2n) is 8.51. The van der Waals surface area contributed by atoms with Gasteiger partial charge in [0.2, 0.25) is 0 Å². The number of hydrogen-bond donors (Lipinski definition) is 1. The van der Waals surface area contributed by atoms with Gasteiger partial charge < -0.3 is 10.1 Å². The molecular weight excluding hydrogens is 390 g/mol. The van der Waals surface area contributed by atoms with E-state index in [0.717, 1.165) is 42.8 Å². The van der Waals surface area contributed by atoms with Crippen LogP contribution in [-0.2, 0) is 17.8 Å². The lowest BCUT2D eigenvalue weighted by atomic mass is 10.0. The smallest absolute Gasteiger partial charge is 0.252 e. The average Bonchev–Trinajstić information content (AvgIpc) is 3.24. The predicted octanol–water partition coefficient (Wildman–Crippen LogP) is 3.41. The van der Waals surface area contributed by atoms with E-state index >= 15 is 0 Å². The Labute approximate surface area is 183 Å². The van der Waals surface area contributed by atoms with Crippen LogP contribution in [0.1, 0.15) is 48.5 Å². The van der Waals surface area contributed by atoms with Gasteiger partial charge in [0.15, 0.2) is 0 Å². The second-order valence-corrected chi connectivity index (χ2v) is 8.51. The fourth-order valence-corrected chi connectivity index (χ4v) is 3.88. The number of amides is 1. The van der Waals surface area contributed by atoms with Gasteiger partial charge in [-0.1, -0.05) is 32.0 Å². The molecule has 1 saturated heterocycles. The first kappa shape index (κ1) is 21.5. The largest absolute Gasteiger partial charge is 0.369 e. The molecule has 3 aromatic rings. The summed E-state index contributed by atoms with van der Waals surface area (Å²) in [6, 6.07) is 9.71. The molecule has 7 nitrogen and oxygen atoms in total. The molecule has 0 aliphatic carbocycles. The number of benzene rings is 1. The minimum atomic E-state index is -0.170. The molecule has 1 aromatic carbocycles. The van der Waals surface area contributed by atoms with Crippen molar-refractivity contribution < 1.29 is 9.53 Å². The number of nitrogens with one attached hydrogen (secondary N) is 1. The third kappa shape index (κ3) is 5.11. The summed E-state index contributed by atoms with van der Waals surface area (Å²) in [5, 5.41) is 8.28. The third-order valence-electron chi connectivity index (χ3n) is 5.55. The van der Waals surface area contributed by atoms with Gasteiger partial charge in [-0.15, -0.1) is 0 Å². The number of hydrogen-bond acceptors (Lipinski definition) is 5. The number of pyridine rings is 1. The van der Waals surface area contributed by atoms with Gasteiger partial charge in [0.1, 0.15) is 6.10 Å². The second kappa shape index (κ2) is 9.58. The zero-order chi connectivity index (χ0) is 21.8. The number of aryl methyl sites for hydroxylation is 1. The molecule has 1 fully saturated rings. The van der Waals surface area contributed by atoms with Crippen molar-refractivity contribution >= 4 is 16.8 Å². The summed E-state index contributed by atoms with van der Waals surface area (Å²) in [7, 11) is 0. The number of carbonyl (C=O) groups is 1. The van der Waals surface area contributed by atoms with Gasteiger partial charge in [-0.25, -0.2) is 4.98 Å². The normalized spacial score (nSPS) is 17.4. The Morgan fingerprint density at radius 1 is 1.32 bits per heavy atom. The van der Waals surface area contributed by atoms with Crippen LogP contribution in [0.25, 0.3) is 10.9 Å². The minimum absolute atomic E-state index is 0.0619. The number of para-hydroxylation sites is 1. The Kier molecular flexibility index (Phi) is 6.63. The van der Waals surface area contributed by atoms with Crippen LogP contribution in [0.5, 0.6) is 0 Å². The van der Waals surface area contributed by atoms with Crippen molar-refractivity contribution in [3.63, 3.8) is 0 Å². The molecule has 0 bridgehead atoms. The van der Waals surface area contributed by atoms with Crippen LogP contribution in [0.3, 0.4) is 0 Å². The SMILES string of the molecule is CCn1cc(CN2CCOC(c3cc(C(=O)NCC(C)C)c4ccccc4n3)C2)cn1. The highest BCUT2D eigenvalue weighted by Gasteiger charge is 2.25. The van der Waals surface area contributed by atoms with Gasteiger partial charge in [-0.05, 0) is 25.0 Å². The van der Waals surface area contributed by atoms with E-state index in [1.54, 1.807) is 0 Å². The summed E-state index contributed by atoms with van der Waals surface area (Å²) in [5.41, 5.74) is 3.48. The van der Waals surface area contributed by atoms with Crippen LogP contribution in [0.15, 0.2) is 42.7 Å². The first-order valence-electron chi connectivity index (χ1n) is 11.1. The number of morpholine rings is 1. The number of ether oxygens (including phenoxy) is 1. The van der Waals surface area contributed by atoms with Gasteiger partial charge in [-0.3, -0.25) is 14.4 Å². The Bertz CT molecular complexity index is 1050. The van der Waals surface area contributed by atoms with Crippen molar-refractivity contribution in [2.75, 3.05) is 26.2 Å². The first-order chi connectivity index (χ1) is 15.0. The molecule has 1 aliphatic rings. The molecule has 1 atom stereocenters. The van der Waals surface area contributed by atoms with Crippen LogP contribution < -0.4 is 5.32 Å². The van der Waals surface area contributed by atoms with Crippen LogP contribution in [0, 0.1) is 5.92 Å². The maximum absolute atomic E-state index is 12.9. The summed E-state index contributed by atoms with van der Waals surface area (Å²) in [5.74, 6) is 0.331. The van der Waals surface area contributed by atoms with Gasteiger partial charge in [0.25, 0.3) is 5.91 Å². The average molecular weight is 422 g/mol. The van der Waals surface area contributed by atoms with Crippen LogP contribution in [0.2, 0.25) is 0 Å². The highest BCUT2D eigenvalue weighted by Crippen LogP contribution is 2.26. The van der Waals surface area contributed by atoms with Crippen LogP contribution in [-0.4, -0.2) is 51.8 Å². The van der Waals surface area contributed by atoms with E-state index in [9.17, 15) is 4.79 Å². The van der Waals surface area contributed by atoms with E-state index in [1.165, 1.54) is 5.56 Å². The lowest BCUT2D eigenvalue weighted by Crippen LogP contribution is -2.38. The first-order valence-corrected chi connectivity index (χ1v) is 11.1. The fraction of sp³-hybridized carbons (Fsp3) is 0.458. The summed E-state index contributed by atoms with van der Waals surface area (Å²) in [6.07, 6.45) is 3.85. The molecule has 1 unspecified atom stereocenters. The molecule has 1 amide bonds. The lowest BCUT2D eigenvalue weighted by molar-refractivity contribution is -0.0348.